The van der Waals surface area contributed by atoms with E-state index in [9.17, 15) is 9.59 Å². The smallest absolute Gasteiger partial charge is 0.488 e. The van der Waals surface area contributed by atoms with Crippen LogP contribution in [-0.2, 0) is 38.5 Å². The molecule has 84 valence electrons. The van der Waals surface area contributed by atoms with Crippen LogP contribution in [0.5, 0.6) is 0 Å². The Kier molecular flexibility index (Phi) is 22.4. The maximum atomic E-state index is 10.1. The normalized spacial score (nSPS) is 7.20. The fourth-order valence-corrected chi connectivity index (χ4v) is 0.508. The molecule has 0 amide bonds. The Labute approximate surface area is 114 Å². The summed E-state index contributed by atoms with van der Waals surface area (Å²) in [6.45, 7) is 4.32. The van der Waals surface area contributed by atoms with Gasteiger partial charge in [0.25, 0.3) is 0 Å². The molecule has 4 nitrogen and oxygen atoms in total. The van der Waals surface area contributed by atoms with Gasteiger partial charge in [-0.1, -0.05) is 0 Å². The standard InChI is InChI=1S/2C4H7O2S.Zn/c2*1-2-6-4(5)3-7;/h2*3,7H,2H2,1H3;/q2*-1;+2. The molecule has 0 aromatic rings. The summed E-state index contributed by atoms with van der Waals surface area (Å²) in [4.78, 5) is 20.1. The second kappa shape index (κ2) is 16.4. The molecule has 0 heterocycles. The van der Waals surface area contributed by atoms with E-state index < -0.39 is 0 Å². The molecule has 0 radical (unpaired) electrons. The minimum atomic E-state index is -0.383. The third-order valence-electron chi connectivity index (χ3n) is 0.784. The van der Waals surface area contributed by atoms with Gasteiger partial charge in [0.15, 0.2) is 11.9 Å². The van der Waals surface area contributed by atoms with Crippen molar-refractivity contribution >= 4 is 37.2 Å². The van der Waals surface area contributed by atoms with Crippen LogP contribution in [0.25, 0.3) is 0 Å². The fourth-order valence-electron chi connectivity index (χ4n) is 0.359. The first-order valence-corrected chi connectivity index (χ1v) is 4.93. The van der Waals surface area contributed by atoms with E-state index >= 15 is 0 Å². The van der Waals surface area contributed by atoms with Gasteiger partial charge in [-0.25, -0.2) is 11.5 Å². The summed E-state index contributed by atoms with van der Waals surface area (Å²) in [5.74, 6) is 1.41. The Balaban J connectivity index is -0.000000180. The van der Waals surface area contributed by atoms with E-state index in [-0.39, 0.29) is 31.4 Å². The van der Waals surface area contributed by atoms with E-state index in [1.165, 1.54) is 0 Å². The van der Waals surface area contributed by atoms with Crippen LogP contribution < -0.4 is 0 Å². The molecule has 0 aliphatic carbocycles. The van der Waals surface area contributed by atoms with E-state index in [0.717, 1.165) is 11.5 Å². The third-order valence-corrected chi connectivity index (χ3v) is 1.21. The number of thiol groups is 2. The Hall–Kier alpha value is 0.00338. The van der Waals surface area contributed by atoms with Crippen molar-refractivity contribution in [3.63, 3.8) is 0 Å². The minimum Gasteiger partial charge on any atom is -0.488 e. The third kappa shape index (κ3) is 20.2. The molecule has 0 atom stereocenters. The topological polar surface area (TPSA) is 52.6 Å². The summed E-state index contributed by atoms with van der Waals surface area (Å²) in [6, 6.07) is 0. The van der Waals surface area contributed by atoms with Gasteiger partial charge in [-0.05, 0) is 13.8 Å². The SMILES string of the molecule is CCOC(=O)[CH-]S.CCOC(=O)[CH-]S.[Zn+2]. The Morgan fingerprint density at radius 3 is 1.33 bits per heavy atom. The molecule has 0 saturated carbocycles. The number of esters is 2. The molecule has 0 rings (SSSR count). The van der Waals surface area contributed by atoms with Gasteiger partial charge in [-0.2, -0.15) is 0 Å². The number of carbonyl (C=O) groups is 2. The van der Waals surface area contributed by atoms with Gasteiger partial charge in [-0.3, -0.25) is 9.59 Å². The molecule has 0 aromatic heterocycles. The van der Waals surface area contributed by atoms with Crippen LogP contribution in [0.4, 0.5) is 0 Å². The van der Waals surface area contributed by atoms with Crippen molar-refractivity contribution < 1.29 is 38.5 Å². The van der Waals surface area contributed by atoms with Crippen molar-refractivity contribution in [1.29, 1.82) is 0 Å². The first kappa shape index (κ1) is 20.4. The monoisotopic (exact) mass is 302 g/mol. The van der Waals surface area contributed by atoms with Gasteiger partial charge in [0.1, 0.15) is 0 Å². The number of hydrogen-bond acceptors (Lipinski definition) is 6. The molecule has 0 saturated heterocycles. The predicted molar refractivity (Wildman–Crippen MR) is 59.8 cm³/mol. The Morgan fingerprint density at radius 1 is 1.00 bits per heavy atom. The molecule has 0 aliphatic rings. The summed E-state index contributed by atoms with van der Waals surface area (Å²) < 4.78 is 8.84. The second-order valence-electron chi connectivity index (χ2n) is 1.76. The summed E-state index contributed by atoms with van der Waals surface area (Å²) in [5.41, 5.74) is 0. The maximum absolute atomic E-state index is 10.1. The van der Waals surface area contributed by atoms with Crippen LogP contribution in [0.3, 0.4) is 0 Å². The number of carbonyl (C=O) groups excluding carboxylic acids is 2. The van der Waals surface area contributed by atoms with Gasteiger partial charge in [0, 0.05) is 0 Å². The molecule has 0 spiro atoms. The van der Waals surface area contributed by atoms with Gasteiger partial charge < -0.3 is 34.7 Å². The molecule has 0 bridgehead atoms. The van der Waals surface area contributed by atoms with Crippen molar-refractivity contribution in [2.24, 2.45) is 0 Å². The van der Waals surface area contributed by atoms with Gasteiger partial charge in [0.05, 0.1) is 13.2 Å². The van der Waals surface area contributed by atoms with Crippen molar-refractivity contribution in [3.8, 4) is 0 Å². The molecule has 0 N–H and O–H groups in total. The summed E-state index contributed by atoms with van der Waals surface area (Å²) in [7, 11) is 0. The molecular formula is C8H14O4S2Zn. The van der Waals surface area contributed by atoms with Crippen LogP contribution in [0.2, 0.25) is 0 Å². The zero-order chi connectivity index (χ0) is 11.4. The number of rotatable bonds is 4. The summed E-state index contributed by atoms with van der Waals surface area (Å²) in [6.07, 6.45) is 0. The maximum Gasteiger partial charge on any atom is 2.00 e. The van der Waals surface area contributed by atoms with Crippen molar-refractivity contribution in [3.05, 3.63) is 11.5 Å². The van der Waals surface area contributed by atoms with E-state index in [1.54, 1.807) is 13.8 Å². The zero-order valence-electron chi connectivity index (χ0n) is 8.80. The first-order valence-electron chi connectivity index (χ1n) is 3.90. The van der Waals surface area contributed by atoms with Crippen molar-refractivity contribution in [2.75, 3.05) is 13.2 Å². The van der Waals surface area contributed by atoms with Crippen LogP contribution in [-0.4, -0.2) is 25.2 Å². The van der Waals surface area contributed by atoms with Crippen molar-refractivity contribution in [1.82, 2.24) is 0 Å². The fraction of sp³-hybridized carbons (Fsp3) is 0.500. The molecule has 15 heavy (non-hydrogen) atoms. The van der Waals surface area contributed by atoms with E-state index in [2.05, 4.69) is 34.7 Å². The summed E-state index contributed by atoms with van der Waals surface area (Å²) >= 11 is 7.10. The van der Waals surface area contributed by atoms with E-state index in [1.807, 2.05) is 0 Å². The quantitative estimate of drug-likeness (QED) is 0.355. The van der Waals surface area contributed by atoms with Crippen LogP contribution in [0, 0.1) is 11.5 Å². The van der Waals surface area contributed by atoms with E-state index in [0.29, 0.717) is 13.2 Å². The number of hydrogen-bond donors (Lipinski definition) is 2. The van der Waals surface area contributed by atoms with Crippen LogP contribution >= 0.6 is 25.3 Å². The molecule has 0 unspecified atom stereocenters. The molecular weight excluding hydrogens is 290 g/mol. The summed E-state index contributed by atoms with van der Waals surface area (Å²) in [5, 5.41) is 0. The largest absolute Gasteiger partial charge is 2.00 e. The van der Waals surface area contributed by atoms with Crippen LogP contribution in [0.1, 0.15) is 13.8 Å². The molecule has 0 aromatic carbocycles. The molecule has 7 heteroatoms. The number of ether oxygens (including phenoxy) is 2. The van der Waals surface area contributed by atoms with Gasteiger partial charge in [0.2, 0.25) is 0 Å². The Bertz CT molecular complexity index is 149. The second-order valence-corrected chi connectivity index (χ2v) is 2.28. The average molecular weight is 304 g/mol. The minimum absolute atomic E-state index is 0. The van der Waals surface area contributed by atoms with E-state index in [4.69, 9.17) is 0 Å². The predicted octanol–water partition coefficient (Wildman–Crippen LogP) is 1.28. The van der Waals surface area contributed by atoms with Crippen molar-refractivity contribution in [2.45, 2.75) is 13.8 Å². The Morgan fingerprint density at radius 2 is 1.27 bits per heavy atom. The van der Waals surface area contributed by atoms with Crippen LogP contribution in [0.15, 0.2) is 0 Å². The van der Waals surface area contributed by atoms with Gasteiger partial charge >= 0.3 is 19.5 Å². The first-order chi connectivity index (χ1) is 6.62. The molecule has 0 aliphatic heterocycles. The van der Waals surface area contributed by atoms with Gasteiger partial charge in [-0.15, -0.1) is 0 Å². The molecule has 0 fully saturated rings. The zero-order valence-corrected chi connectivity index (χ0v) is 13.6. The average Bonchev–Trinajstić information content (AvgIpc) is 2.19.